The molecule has 0 bridgehead atoms. The van der Waals surface area contributed by atoms with Gasteiger partial charge in [0.25, 0.3) is 0 Å². The Labute approximate surface area is 133 Å². The van der Waals surface area contributed by atoms with Crippen molar-refractivity contribution in [2.45, 2.75) is 0 Å². The molecule has 0 amide bonds. The second kappa shape index (κ2) is 8.26. The summed E-state index contributed by atoms with van der Waals surface area (Å²) < 4.78 is 23.4. The number of methoxy groups -OCH3 is 1. The number of ether oxygens (including phenoxy) is 1. The van der Waals surface area contributed by atoms with Gasteiger partial charge in [-0.1, -0.05) is 0 Å². The number of hydrogen-bond donors (Lipinski definition) is 2. The van der Waals surface area contributed by atoms with Crippen LogP contribution in [0.1, 0.15) is 5.76 Å². The van der Waals surface area contributed by atoms with Crippen molar-refractivity contribution in [1.29, 1.82) is 0 Å². The van der Waals surface area contributed by atoms with E-state index in [0.717, 1.165) is 5.56 Å². The van der Waals surface area contributed by atoms with Gasteiger partial charge in [0.1, 0.15) is 17.3 Å². The van der Waals surface area contributed by atoms with Gasteiger partial charge in [-0.05, 0) is 48.6 Å². The van der Waals surface area contributed by atoms with Crippen LogP contribution in [0.3, 0.4) is 0 Å². The standard InChI is InChI=1S/C15H16FN3O2S/c1-20-9-8-17-15(22)19-18-10-13-6-7-14(21-13)11-2-4-12(16)5-3-11/h2-7,10H,8-9H2,1H3,(H2,17,19,22)/b18-10+. The fraction of sp³-hybridized carbons (Fsp3) is 0.200. The van der Waals surface area contributed by atoms with Crippen molar-refractivity contribution < 1.29 is 13.5 Å². The Bertz CT molecular complexity index is 640. The molecule has 2 N–H and O–H groups in total. The molecule has 0 saturated heterocycles. The van der Waals surface area contributed by atoms with Crippen molar-refractivity contribution in [3.63, 3.8) is 0 Å². The van der Waals surface area contributed by atoms with E-state index >= 15 is 0 Å². The molecule has 0 aliphatic rings. The summed E-state index contributed by atoms with van der Waals surface area (Å²) in [5.74, 6) is 0.921. The lowest BCUT2D eigenvalue weighted by atomic mass is 10.2. The smallest absolute Gasteiger partial charge is 0.187 e. The van der Waals surface area contributed by atoms with Crippen LogP contribution in [0.25, 0.3) is 11.3 Å². The Balaban J connectivity index is 1.87. The van der Waals surface area contributed by atoms with Crippen LogP contribution in [0, 0.1) is 5.82 Å². The van der Waals surface area contributed by atoms with Crippen molar-refractivity contribution in [3.05, 3.63) is 48.0 Å². The summed E-state index contributed by atoms with van der Waals surface area (Å²) in [5.41, 5.74) is 3.47. The Morgan fingerprint density at radius 1 is 1.32 bits per heavy atom. The van der Waals surface area contributed by atoms with Crippen molar-refractivity contribution in [3.8, 4) is 11.3 Å². The molecule has 2 rings (SSSR count). The maximum Gasteiger partial charge on any atom is 0.187 e. The van der Waals surface area contributed by atoms with Gasteiger partial charge in [0.15, 0.2) is 5.11 Å². The summed E-state index contributed by atoms with van der Waals surface area (Å²) in [5, 5.41) is 7.29. The van der Waals surface area contributed by atoms with E-state index in [1.807, 2.05) is 0 Å². The van der Waals surface area contributed by atoms with Crippen LogP contribution in [-0.4, -0.2) is 31.6 Å². The minimum absolute atomic E-state index is 0.282. The van der Waals surface area contributed by atoms with Gasteiger partial charge in [0.05, 0.1) is 12.8 Å². The Hall–Kier alpha value is -2.25. The molecule has 0 spiro atoms. The number of benzene rings is 1. The van der Waals surface area contributed by atoms with E-state index < -0.39 is 0 Å². The summed E-state index contributed by atoms with van der Waals surface area (Å²) in [4.78, 5) is 0. The van der Waals surface area contributed by atoms with E-state index in [0.29, 0.717) is 29.8 Å². The van der Waals surface area contributed by atoms with Crippen LogP contribution < -0.4 is 10.7 Å². The predicted octanol–water partition coefficient (Wildman–Crippen LogP) is 2.53. The van der Waals surface area contributed by atoms with E-state index in [2.05, 4.69) is 15.8 Å². The number of halogens is 1. The molecular formula is C15H16FN3O2S. The van der Waals surface area contributed by atoms with Crippen molar-refractivity contribution >= 4 is 23.5 Å². The van der Waals surface area contributed by atoms with E-state index in [-0.39, 0.29) is 5.82 Å². The molecule has 0 atom stereocenters. The lowest BCUT2D eigenvalue weighted by molar-refractivity contribution is 0.204. The summed E-state index contributed by atoms with van der Waals surface area (Å²) >= 11 is 5.02. The number of furan rings is 1. The fourth-order valence-corrected chi connectivity index (χ4v) is 1.81. The normalized spacial score (nSPS) is 10.8. The van der Waals surface area contributed by atoms with Crippen LogP contribution in [0.4, 0.5) is 4.39 Å². The molecule has 0 aliphatic carbocycles. The van der Waals surface area contributed by atoms with Crippen LogP contribution in [0.2, 0.25) is 0 Å². The molecule has 22 heavy (non-hydrogen) atoms. The first kappa shape index (κ1) is 16.1. The molecular weight excluding hydrogens is 305 g/mol. The SMILES string of the molecule is COCCNC(=S)N/N=C/c1ccc(-c2ccc(F)cc2)o1. The average molecular weight is 321 g/mol. The first-order valence-corrected chi connectivity index (χ1v) is 7.01. The minimum atomic E-state index is -0.282. The third-order valence-electron chi connectivity index (χ3n) is 2.71. The van der Waals surface area contributed by atoms with Gasteiger partial charge in [-0.15, -0.1) is 0 Å². The first-order chi connectivity index (χ1) is 10.7. The molecule has 0 saturated carbocycles. The molecule has 0 radical (unpaired) electrons. The quantitative estimate of drug-likeness (QED) is 0.371. The van der Waals surface area contributed by atoms with E-state index in [9.17, 15) is 4.39 Å². The van der Waals surface area contributed by atoms with Crippen LogP contribution in [0.15, 0.2) is 45.9 Å². The summed E-state index contributed by atoms with van der Waals surface area (Å²) in [6.45, 7) is 1.16. The molecule has 0 fully saturated rings. The number of hydrazone groups is 1. The largest absolute Gasteiger partial charge is 0.455 e. The predicted molar refractivity (Wildman–Crippen MR) is 87.3 cm³/mol. The first-order valence-electron chi connectivity index (χ1n) is 6.60. The highest BCUT2D eigenvalue weighted by Crippen LogP contribution is 2.21. The Morgan fingerprint density at radius 3 is 2.82 bits per heavy atom. The number of rotatable bonds is 6. The van der Waals surface area contributed by atoms with Crippen molar-refractivity contribution in [1.82, 2.24) is 10.7 Å². The van der Waals surface area contributed by atoms with Crippen LogP contribution in [0.5, 0.6) is 0 Å². The Kier molecular flexibility index (Phi) is 6.05. The number of nitrogens with zero attached hydrogens (tertiary/aromatic N) is 1. The maximum absolute atomic E-state index is 12.9. The summed E-state index contributed by atoms with van der Waals surface area (Å²) in [6, 6.07) is 9.65. The molecule has 0 aliphatic heterocycles. The second-order valence-electron chi connectivity index (χ2n) is 4.33. The van der Waals surface area contributed by atoms with Gasteiger partial charge in [-0.2, -0.15) is 5.10 Å². The van der Waals surface area contributed by atoms with Gasteiger partial charge in [-0.3, -0.25) is 5.43 Å². The van der Waals surface area contributed by atoms with Crippen molar-refractivity contribution in [2.75, 3.05) is 20.3 Å². The highest BCUT2D eigenvalue weighted by molar-refractivity contribution is 7.80. The third kappa shape index (κ3) is 4.94. The minimum Gasteiger partial charge on any atom is -0.455 e. The zero-order valence-electron chi connectivity index (χ0n) is 12.0. The zero-order chi connectivity index (χ0) is 15.8. The number of hydrogen-bond acceptors (Lipinski definition) is 4. The lowest BCUT2D eigenvalue weighted by Crippen LogP contribution is -2.34. The molecule has 0 unspecified atom stereocenters. The average Bonchev–Trinajstić information content (AvgIpc) is 2.97. The molecule has 1 heterocycles. The van der Waals surface area contributed by atoms with E-state index in [1.54, 1.807) is 31.4 Å². The summed E-state index contributed by atoms with van der Waals surface area (Å²) in [7, 11) is 1.62. The maximum atomic E-state index is 12.9. The highest BCUT2D eigenvalue weighted by Gasteiger charge is 2.03. The van der Waals surface area contributed by atoms with Gasteiger partial charge < -0.3 is 14.5 Å². The number of nitrogens with one attached hydrogen (secondary N) is 2. The number of thiocarbonyl (C=S) groups is 1. The van der Waals surface area contributed by atoms with E-state index in [1.165, 1.54) is 18.3 Å². The lowest BCUT2D eigenvalue weighted by Gasteiger charge is -2.05. The van der Waals surface area contributed by atoms with Gasteiger partial charge in [0.2, 0.25) is 0 Å². The Morgan fingerprint density at radius 2 is 2.09 bits per heavy atom. The summed E-state index contributed by atoms with van der Waals surface area (Å²) in [6.07, 6.45) is 1.51. The fourth-order valence-electron chi connectivity index (χ4n) is 1.65. The highest BCUT2D eigenvalue weighted by atomic mass is 32.1. The topological polar surface area (TPSA) is 58.8 Å². The van der Waals surface area contributed by atoms with E-state index in [4.69, 9.17) is 21.4 Å². The van der Waals surface area contributed by atoms with Gasteiger partial charge >= 0.3 is 0 Å². The molecule has 2 aromatic rings. The molecule has 7 heteroatoms. The van der Waals surface area contributed by atoms with Gasteiger partial charge in [-0.25, -0.2) is 4.39 Å². The molecule has 1 aromatic heterocycles. The van der Waals surface area contributed by atoms with Crippen molar-refractivity contribution in [2.24, 2.45) is 5.10 Å². The monoisotopic (exact) mass is 321 g/mol. The zero-order valence-corrected chi connectivity index (χ0v) is 12.8. The third-order valence-corrected chi connectivity index (χ3v) is 2.94. The second-order valence-corrected chi connectivity index (χ2v) is 4.74. The van der Waals surface area contributed by atoms with Crippen LogP contribution in [-0.2, 0) is 4.74 Å². The van der Waals surface area contributed by atoms with Gasteiger partial charge in [0, 0.05) is 19.2 Å². The molecule has 116 valence electrons. The molecule has 5 nitrogen and oxygen atoms in total. The van der Waals surface area contributed by atoms with Crippen LogP contribution >= 0.6 is 12.2 Å². The molecule has 1 aromatic carbocycles.